The lowest BCUT2D eigenvalue weighted by Crippen LogP contribution is -2.28. The van der Waals surface area contributed by atoms with Crippen molar-refractivity contribution in [1.29, 1.82) is 0 Å². The molecule has 3 rings (SSSR count). The average molecular weight is 379 g/mol. The second kappa shape index (κ2) is 8.47. The number of piperidine rings is 1. The van der Waals surface area contributed by atoms with Gasteiger partial charge in [-0.3, -0.25) is 9.69 Å². The molecule has 140 valence electrons. The van der Waals surface area contributed by atoms with Crippen LogP contribution in [0.3, 0.4) is 0 Å². The molecular weight excluding hydrogens is 356 g/mol. The van der Waals surface area contributed by atoms with Gasteiger partial charge in [-0.25, -0.2) is 0 Å². The van der Waals surface area contributed by atoms with Crippen LogP contribution in [-0.2, 0) is 6.54 Å². The molecule has 26 heavy (non-hydrogen) atoms. The number of likely N-dealkylation sites (tertiary alicyclic amines) is 1. The summed E-state index contributed by atoms with van der Waals surface area (Å²) in [6, 6.07) is 6.76. The monoisotopic (exact) mass is 378 g/mol. The van der Waals surface area contributed by atoms with Crippen LogP contribution >= 0.6 is 11.6 Å². The van der Waals surface area contributed by atoms with E-state index in [1.54, 1.807) is 18.2 Å². The number of methoxy groups -OCH3 is 2. The predicted octanol–water partition coefficient (Wildman–Crippen LogP) is 4.19. The quantitative estimate of drug-likeness (QED) is 0.816. The zero-order valence-corrected chi connectivity index (χ0v) is 15.8. The van der Waals surface area contributed by atoms with Gasteiger partial charge in [0.1, 0.15) is 17.3 Å². The Morgan fingerprint density at radius 2 is 1.88 bits per heavy atom. The van der Waals surface area contributed by atoms with Crippen LogP contribution in [0, 0.1) is 0 Å². The molecule has 1 aliphatic heterocycles. The lowest BCUT2D eigenvalue weighted by Gasteiger charge is -2.25. The first-order chi connectivity index (χ1) is 12.6. The van der Waals surface area contributed by atoms with E-state index in [-0.39, 0.29) is 11.7 Å². The van der Waals surface area contributed by atoms with Crippen molar-refractivity contribution in [2.24, 2.45) is 0 Å². The smallest absolute Gasteiger partial charge is 0.291 e. The highest BCUT2D eigenvalue weighted by atomic mass is 35.5. The molecule has 1 aromatic carbocycles. The average Bonchev–Trinajstić information content (AvgIpc) is 3.12. The van der Waals surface area contributed by atoms with E-state index >= 15 is 0 Å². The van der Waals surface area contributed by atoms with Gasteiger partial charge in [-0.05, 0) is 38.1 Å². The number of amides is 1. The summed E-state index contributed by atoms with van der Waals surface area (Å²) in [6.45, 7) is 2.87. The maximum atomic E-state index is 12.5. The molecule has 1 aromatic heterocycles. The SMILES string of the molecule is COc1cc(NC(=O)c2ccc(CN3CCCCC3)o2)c(OC)cc1Cl. The maximum absolute atomic E-state index is 12.5. The van der Waals surface area contributed by atoms with Gasteiger partial charge in [0.25, 0.3) is 5.91 Å². The third kappa shape index (κ3) is 4.31. The number of hydrogen-bond donors (Lipinski definition) is 1. The Morgan fingerprint density at radius 1 is 1.15 bits per heavy atom. The minimum Gasteiger partial charge on any atom is -0.495 e. The first-order valence-corrected chi connectivity index (χ1v) is 9.02. The normalized spacial score (nSPS) is 14.9. The number of halogens is 1. The Morgan fingerprint density at radius 3 is 2.58 bits per heavy atom. The Kier molecular flexibility index (Phi) is 6.06. The second-order valence-electron chi connectivity index (χ2n) is 6.24. The molecule has 0 unspecified atom stereocenters. The summed E-state index contributed by atoms with van der Waals surface area (Å²) in [5.41, 5.74) is 0.465. The van der Waals surface area contributed by atoms with Gasteiger partial charge in [-0.15, -0.1) is 0 Å². The fraction of sp³-hybridized carbons (Fsp3) is 0.421. The summed E-state index contributed by atoms with van der Waals surface area (Å²) < 4.78 is 16.2. The highest BCUT2D eigenvalue weighted by molar-refractivity contribution is 6.32. The molecule has 2 aromatic rings. The molecule has 0 atom stereocenters. The van der Waals surface area contributed by atoms with E-state index < -0.39 is 0 Å². The number of carbonyl (C=O) groups is 1. The van der Waals surface area contributed by atoms with E-state index in [1.807, 2.05) is 6.07 Å². The number of ether oxygens (including phenoxy) is 2. The fourth-order valence-corrected chi connectivity index (χ4v) is 3.30. The molecule has 0 radical (unpaired) electrons. The van der Waals surface area contributed by atoms with Crippen molar-refractivity contribution in [3.63, 3.8) is 0 Å². The molecule has 7 heteroatoms. The zero-order chi connectivity index (χ0) is 18.5. The number of carbonyl (C=O) groups excluding carboxylic acids is 1. The van der Waals surface area contributed by atoms with Crippen molar-refractivity contribution in [2.45, 2.75) is 25.8 Å². The van der Waals surface area contributed by atoms with Crippen LogP contribution in [-0.4, -0.2) is 38.1 Å². The van der Waals surface area contributed by atoms with E-state index in [2.05, 4.69) is 10.2 Å². The predicted molar refractivity (Wildman–Crippen MR) is 100 cm³/mol. The van der Waals surface area contributed by atoms with Crippen LogP contribution in [0.2, 0.25) is 5.02 Å². The maximum Gasteiger partial charge on any atom is 0.291 e. The second-order valence-corrected chi connectivity index (χ2v) is 6.65. The molecule has 2 heterocycles. The minimum atomic E-state index is -0.349. The van der Waals surface area contributed by atoms with Crippen molar-refractivity contribution in [2.75, 3.05) is 32.6 Å². The number of hydrogen-bond acceptors (Lipinski definition) is 5. The number of anilines is 1. The summed E-state index contributed by atoms with van der Waals surface area (Å²) >= 11 is 6.09. The van der Waals surface area contributed by atoms with Gasteiger partial charge in [0.15, 0.2) is 5.76 Å². The van der Waals surface area contributed by atoms with Gasteiger partial charge < -0.3 is 19.2 Å². The molecular formula is C19H23ClN2O4. The summed E-state index contributed by atoms with van der Waals surface area (Å²) in [6.07, 6.45) is 3.72. The van der Waals surface area contributed by atoms with E-state index in [0.29, 0.717) is 22.2 Å². The molecule has 0 aliphatic carbocycles. The van der Waals surface area contributed by atoms with Gasteiger partial charge in [0.05, 0.1) is 31.5 Å². The standard InChI is InChI=1S/C19H23ClN2O4/c1-24-17-11-15(18(25-2)10-14(17)20)21-19(23)16-7-6-13(26-16)12-22-8-4-3-5-9-22/h6-7,10-11H,3-5,8-9,12H2,1-2H3,(H,21,23). The molecule has 0 saturated carbocycles. The van der Waals surface area contributed by atoms with Crippen LogP contribution < -0.4 is 14.8 Å². The van der Waals surface area contributed by atoms with E-state index in [0.717, 1.165) is 25.4 Å². The number of benzene rings is 1. The van der Waals surface area contributed by atoms with Crippen LogP contribution in [0.4, 0.5) is 5.69 Å². The molecule has 1 aliphatic rings. The van der Waals surface area contributed by atoms with E-state index in [1.165, 1.54) is 33.5 Å². The first-order valence-electron chi connectivity index (χ1n) is 8.64. The summed E-state index contributed by atoms with van der Waals surface area (Å²) in [5, 5.41) is 3.19. The van der Waals surface area contributed by atoms with Crippen LogP contribution in [0.25, 0.3) is 0 Å². The number of nitrogens with zero attached hydrogens (tertiary/aromatic N) is 1. The van der Waals surface area contributed by atoms with Crippen LogP contribution in [0.5, 0.6) is 11.5 Å². The molecule has 1 saturated heterocycles. The lowest BCUT2D eigenvalue weighted by atomic mass is 10.1. The Bertz CT molecular complexity index is 769. The van der Waals surface area contributed by atoms with Gasteiger partial charge >= 0.3 is 0 Å². The van der Waals surface area contributed by atoms with Crippen molar-refractivity contribution < 1.29 is 18.7 Å². The molecule has 1 fully saturated rings. The number of nitrogens with one attached hydrogen (secondary N) is 1. The van der Waals surface area contributed by atoms with Gasteiger partial charge in [0.2, 0.25) is 0 Å². The molecule has 6 nitrogen and oxygen atoms in total. The fourth-order valence-electron chi connectivity index (χ4n) is 3.06. The van der Waals surface area contributed by atoms with Gasteiger partial charge in [-0.2, -0.15) is 0 Å². The third-order valence-corrected chi connectivity index (χ3v) is 4.73. The number of rotatable bonds is 6. The largest absolute Gasteiger partial charge is 0.495 e. The summed E-state index contributed by atoms with van der Waals surface area (Å²) in [7, 11) is 3.02. The zero-order valence-electron chi connectivity index (χ0n) is 15.0. The molecule has 1 amide bonds. The van der Waals surface area contributed by atoms with E-state index in [9.17, 15) is 4.79 Å². The van der Waals surface area contributed by atoms with Gasteiger partial charge in [0, 0.05) is 12.1 Å². The van der Waals surface area contributed by atoms with Crippen LogP contribution in [0.15, 0.2) is 28.7 Å². The summed E-state index contributed by atoms with van der Waals surface area (Å²) in [4.78, 5) is 14.9. The van der Waals surface area contributed by atoms with Crippen molar-refractivity contribution in [3.05, 3.63) is 40.8 Å². The topological polar surface area (TPSA) is 63.9 Å². The van der Waals surface area contributed by atoms with Gasteiger partial charge in [-0.1, -0.05) is 18.0 Å². The van der Waals surface area contributed by atoms with Crippen molar-refractivity contribution >= 4 is 23.2 Å². The highest BCUT2D eigenvalue weighted by Crippen LogP contribution is 2.36. The van der Waals surface area contributed by atoms with E-state index in [4.69, 9.17) is 25.5 Å². The molecule has 0 bridgehead atoms. The van der Waals surface area contributed by atoms with Crippen molar-refractivity contribution in [1.82, 2.24) is 4.90 Å². The third-order valence-electron chi connectivity index (χ3n) is 4.44. The number of furan rings is 1. The minimum absolute atomic E-state index is 0.257. The summed E-state index contributed by atoms with van der Waals surface area (Å²) in [5.74, 6) is 1.60. The Labute approximate surface area is 158 Å². The molecule has 1 N–H and O–H groups in total. The van der Waals surface area contributed by atoms with Crippen molar-refractivity contribution in [3.8, 4) is 11.5 Å². The lowest BCUT2D eigenvalue weighted by molar-refractivity contribution is 0.0991. The Balaban J connectivity index is 1.70. The Hall–Kier alpha value is -2.18. The molecule has 0 spiro atoms. The first kappa shape index (κ1) is 18.6. The van der Waals surface area contributed by atoms with Crippen LogP contribution in [0.1, 0.15) is 35.6 Å². The highest BCUT2D eigenvalue weighted by Gasteiger charge is 2.18.